The third kappa shape index (κ3) is 3.60. The van der Waals surface area contributed by atoms with Gasteiger partial charge in [0, 0.05) is 17.8 Å². The third-order valence-electron chi connectivity index (χ3n) is 1.81. The van der Waals surface area contributed by atoms with E-state index in [0.29, 0.717) is 6.54 Å². The standard InChI is InChI=1S/C10H17N3.ClH/c1-10(2,3)9-12-6-8(4-5-11)7-13-9;/h6-7H,4-5,11H2,1-3H3;1H. The molecular weight excluding hydrogens is 198 g/mol. The number of nitrogens with zero attached hydrogens (tertiary/aromatic N) is 2. The van der Waals surface area contributed by atoms with E-state index in [1.807, 2.05) is 12.4 Å². The molecule has 1 heterocycles. The molecular formula is C10H18ClN3. The molecule has 1 aromatic heterocycles. The minimum atomic E-state index is 0. The SMILES string of the molecule is CC(C)(C)c1ncc(CCN)cn1.Cl. The Morgan fingerprint density at radius 3 is 2.07 bits per heavy atom. The summed E-state index contributed by atoms with van der Waals surface area (Å²) in [5, 5.41) is 0. The van der Waals surface area contributed by atoms with Gasteiger partial charge in [-0.15, -0.1) is 12.4 Å². The fourth-order valence-corrected chi connectivity index (χ4v) is 1.04. The molecule has 0 unspecified atom stereocenters. The summed E-state index contributed by atoms with van der Waals surface area (Å²) in [7, 11) is 0. The van der Waals surface area contributed by atoms with Gasteiger partial charge >= 0.3 is 0 Å². The van der Waals surface area contributed by atoms with Gasteiger partial charge in [-0.3, -0.25) is 0 Å². The van der Waals surface area contributed by atoms with Crippen LogP contribution in [0.15, 0.2) is 12.4 Å². The van der Waals surface area contributed by atoms with E-state index in [1.54, 1.807) is 0 Å². The van der Waals surface area contributed by atoms with Crippen molar-refractivity contribution in [2.45, 2.75) is 32.6 Å². The molecule has 0 atom stereocenters. The van der Waals surface area contributed by atoms with Crippen LogP contribution in [0.4, 0.5) is 0 Å². The second-order valence-corrected chi connectivity index (χ2v) is 4.20. The number of halogens is 1. The minimum Gasteiger partial charge on any atom is -0.330 e. The van der Waals surface area contributed by atoms with Crippen LogP contribution in [0.5, 0.6) is 0 Å². The third-order valence-corrected chi connectivity index (χ3v) is 1.81. The first-order valence-electron chi connectivity index (χ1n) is 4.55. The highest BCUT2D eigenvalue weighted by molar-refractivity contribution is 5.85. The summed E-state index contributed by atoms with van der Waals surface area (Å²) in [6, 6.07) is 0. The molecule has 2 N–H and O–H groups in total. The monoisotopic (exact) mass is 215 g/mol. The summed E-state index contributed by atoms with van der Waals surface area (Å²) in [4.78, 5) is 8.60. The first-order valence-corrected chi connectivity index (χ1v) is 4.55. The van der Waals surface area contributed by atoms with E-state index < -0.39 is 0 Å². The van der Waals surface area contributed by atoms with E-state index in [1.165, 1.54) is 0 Å². The number of rotatable bonds is 2. The number of hydrogen-bond acceptors (Lipinski definition) is 3. The molecule has 0 aliphatic rings. The van der Waals surface area contributed by atoms with Crippen LogP contribution < -0.4 is 5.73 Å². The van der Waals surface area contributed by atoms with Gasteiger partial charge in [0.25, 0.3) is 0 Å². The van der Waals surface area contributed by atoms with Crippen molar-refractivity contribution in [1.29, 1.82) is 0 Å². The van der Waals surface area contributed by atoms with Crippen molar-refractivity contribution in [3.8, 4) is 0 Å². The molecule has 0 aromatic carbocycles. The molecule has 1 aromatic rings. The number of hydrogen-bond donors (Lipinski definition) is 1. The zero-order valence-corrected chi connectivity index (χ0v) is 9.77. The Labute approximate surface area is 91.6 Å². The Morgan fingerprint density at radius 2 is 1.71 bits per heavy atom. The second-order valence-electron chi connectivity index (χ2n) is 4.20. The summed E-state index contributed by atoms with van der Waals surface area (Å²) in [6.07, 6.45) is 4.57. The van der Waals surface area contributed by atoms with Crippen molar-refractivity contribution in [3.05, 3.63) is 23.8 Å². The van der Waals surface area contributed by atoms with Gasteiger partial charge in [0.2, 0.25) is 0 Å². The van der Waals surface area contributed by atoms with E-state index in [9.17, 15) is 0 Å². The zero-order chi connectivity index (χ0) is 9.90. The van der Waals surface area contributed by atoms with Gasteiger partial charge in [0.05, 0.1) is 0 Å². The zero-order valence-electron chi connectivity index (χ0n) is 8.95. The quantitative estimate of drug-likeness (QED) is 0.817. The summed E-state index contributed by atoms with van der Waals surface area (Å²) < 4.78 is 0. The highest BCUT2D eigenvalue weighted by Crippen LogP contribution is 2.16. The summed E-state index contributed by atoms with van der Waals surface area (Å²) in [6.45, 7) is 6.96. The van der Waals surface area contributed by atoms with Gasteiger partial charge in [-0.2, -0.15) is 0 Å². The average Bonchev–Trinajstić information content (AvgIpc) is 2.04. The lowest BCUT2D eigenvalue weighted by Crippen LogP contribution is -2.16. The highest BCUT2D eigenvalue weighted by Gasteiger charge is 2.16. The predicted octanol–water partition coefficient (Wildman–Crippen LogP) is 1.70. The van der Waals surface area contributed by atoms with Crippen molar-refractivity contribution in [3.63, 3.8) is 0 Å². The molecule has 0 spiro atoms. The van der Waals surface area contributed by atoms with Crippen LogP contribution >= 0.6 is 12.4 Å². The molecule has 4 heteroatoms. The predicted molar refractivity (Wildman–Crippen MR) is 60.7 cm³/mol. The second kappa shape index (κ2) is 5.27. The maximum atomic E-state index is 5.43. The molecule has 14 heavy (non-hydrogen) atoms. The maximum Gasteiger partial charge on any atom is 0.133 e. The normalized spacial score (nSPS) is 10.9. The summed E-state index contributed by atoms with van der Waals surface area (Å²) >= 11 is 0. The van der Waals surface area contributed by atoms with Crippen LogP contribution in [0.3, 0.4) is 0 Å². The number of nitrogens with two attached hydrogens (primary N) is 1. The van der Waals surface area contributed by atoms with Crippen molar-refractivity contribution in [1.82, 2.24) is 9.97 Å². The van der Waals surface area contributed by atoms with Gasteiger partial charge in [0.15, 0.2) is 0 Å². The minimum absolute atomic E-state index is 0. The first kappa shape index (κ1) is 13.3. The maximum absolute atomic E-state index is 5.43. The molecule has 0 fully saturated rings. The Hall–Kier alpha value is -0.670. The van der Waals surface area contributed by atoms with Crippen molar-refractivity contribution in [2.24, 2.45) is 5.73 Å². The molecule has 1 rings (SSSR count). The summed E-state index contributed by atoms with van der Waals surface area (Å²) in [5.41, 5.74) is 6.56. The molecule has 0 amide bonds. The fourth-order valence-electron chi connectivity index (χ4n) is 1.04. The van der Waals surface area contributed by atoms with Gasteiger partial charge in [-0.25, -0.2) is 9.97 Å². The molecule has 0 aliphatic carbocycles. The van der Waals surface area contributed by atoms with Gasteiger partial charge in [-0.1, -0.05) is 20.8 Å². The lowest BCUT2D eigenvalue weighted by molar-refractivity contribution is 0.544. The van der Waals surface area contributed by atoms with E-state index >= 15 is 0 Å². The van der Waals surface area contributed by atoms with Gasteiger partial charge in [-0.05, 0) is 18.5 Å². The molecule has 0 radical (unpaired) electrons. The first-order chi connectivity index (χ1) is 6.04. The number of aromatic nitrogens is 2. The van der Waals surface area contributed by atoms with Gasteiger partial charge in [0.1, 0.15) is 5.82 Å². The summed E-state index contributed by atoms with van der Waals surface area (Å²) in [5.74, 6) is 0.883. The Balaban J connectivity index is 0.00000169. The van der Waals surface area contributed by atoms with Crippen molar-refractivity contribution >= 4 is 12.4 Å². The highest BCUT2D eigenvalue weighted by atomic mass is 35.5. The van der Waals surface area contributed by atoms with Crippen LogP contribution in [-0.2, 0) is 11.8 Å². The fraction of sp³-hybridized carbons (Fsp3) is 0.600. The lowest BCUT2D eigenvalue weighted by Gasteiger charge is -2.15. The Morgan fingerprint density at radius 1 is 1.21 bits per heavy atom. The van der Waals surface area contributed by atoms with Crippen LogP contribution in [0.2, 0.25) is 0 Å². The molecule has 0 saturated heterocycles. The van der Waals surface area contributed by atoms with Crippen LogP contribution in [0.1, 0.15) is 32.2 Å². The van der Waals surface area contributed by atoms with Crippen LogP contribution in [0, 0.1) is 0 Å². The van der Waals surface area contributed by atoms with Gasteiger partial charge < -0.3 is 5.73 Å². The largest absolute Gasteiger partial charge is 0.330 e. The topological polar surface area (TPSA) is 51.8 Å². The Bertz CT molecular complexity index is 264. The smallest absolute Gasteiger partial charge is 0.133 e. The van der Waals surface area contributed by atoms with Crippen LogP contribution in [0.25, 0.3) is 0 Å². The van der Waals surface area contributed by atoms with E-state index in [0.717, 1.165) is 17.8 Å². The van der Waals surface area contributed by atoms with E-state index in [4.69, 9.17) is 5.73 Å². The Kier molecular flexibility index (Phi) is 5.02. The van der Waals surface area contributed by atoms with E-state index in [-0.39, 0.29) is 17.8 Å². The van der Waals surface area contributed by atoms with Crippen LogP contribution in [-0.4, -0.2) is 16.5 Å². The van der Waals surface area contributed by atoms with Crippen molar-refractivity contribution in [2.75, 3.05) is 6.54 Å². The molecule has 80 valence electrons. The molecule has 0 bridgehead atoms. The molecule has 3 nitrogen and oxygen atoms in total. The molecule has 0 aliphatic heterocycles. The van der Waals surface area contributed by atoms with Crippen molar-refractivity contribution < 1.29 is 0 Å². The lowest BCUT2D eigenvalue weighted by atomic mass is 9.96. The van der Waals surface area contributed by atoms with E-state index in [2.05, 4.69) is 30.7 Å². The average molecular weight is 216 g/mol. The molecule has 0 saturated carbocycles.